The van der Waals surface area contributed by atoms with Crippen molar-refractivity contribution in [3.63, 3.8) is 0 Å². The zero-order valence-electron chi connectivity index (χ0n) is 54.2. The summed E-state index contributed by atoms with van der Waals surface area (Å²) in [6, 6.07) is 0. The van der Waals surface area contributed by atoms with Crippen LogP contribution in [0, 0.1) is 0 Å². The lowest BCUT2D eigenvalue weighted by Gasteiger charge is -2.18. The summed E-state index contributed by atoms with van der Waals surface area (Å²) in [7, 11) is 0. The SMILES string of the molecule is CC/C=C\C/C=C\C/C=C\C/C=C\C/C=C\CCCCCCCC(=O)OC(COC(=O)CCCCCCCCCCCCCCCC)COC(=O)CCCCCCCCCCCCCCCC/C=C\C/C=C\C/C=C\CCCCCCC. The van der Waals surface area contributed by atoms with Gasteiger partial charge in [-0.15, -0.1) is 0 Å². The monoisotopic (exact) mass is 1140 g/mol. The highest BCUT2D eigenvalue weighted by molar-refractivity contribution is 5.71. The van der Waals surface area contributed by atoms with Gasteiger partial charge in [-0.3, -0.25) is 14.4 Å². The normalized spacial score (nSPS) is 12.7. The molecule has 1 atom stereocenters. The smallest absolute Gasteiger partial charge is 0.306 e. The minimum absolute atomic E-state index is 0.0823. The van der Waals surface area contributed by atoms with Crippen LogP contribution < -0.4 is 0 Å². The van der Waals surface area contributed by atoms with E-state index in [0.717, 1.165) is 122 Å². The summed E-state index contributed by atoms with van der Waals surface area (Å²) in [4.78, 5) is 38.4. The predicted octanol–water partition coefficient (Wildman–Crippen LogP) is 24.4. The van der Waals surface area contributed by atoms with E-state index in [1.54, 1.807) is 0 Å². The third kappa shape index (κ3) is 67.1. The van der Waals surface area contributed by atoms with Gasteiger partial charge in [-0.05, 0) is 103 Å². The molecule has 0 aromatic heterocycles. The van der Waals surface area contributed by atoms with Crippen LogP contribution in [0.25, 0.3) is 0 Å². The van der Waals surface area contributed by atoms with Crippen LogP contribution in [0.1, 0.15) is 348 Å². The number of rotatable bonds is 64. The van der Waals surface area contributed by atoms with Crippen molar-refractivity contribution in [3.05, 3.63) is 97.2 Å². The van der Waals surface area contributed by atoms with Gasteiger partial charge in [-0.1, -0.05) is 323 Å². The maximum absolute atomic E-state index is 12.9. The van der Waals surface area contributed by atoms with E-state index < -0.39 is 6.10 Å². The van der Waals surface area contributed by atoms with Gasteiger partial charge in [-0.25, -0.2) is 0 Å². The molecule has 0 bridgehead atoms. The van der Waals surface area contributed by atoms with E-state index in [0.29, 0.717) is 19.3 Å². The summed E-state index contributed by atoms with van der Waals surface area (Å²) in [5.41, 5.74) is 0. The third-order valence-corrected chi connectivity index (χ3v) is 15.3. The Balaban J connectivity index is 4.30. The standard InChI is InChI=1S/C76H132O6/c1-4-7-10-13-16-19-22-25-28-30-32-34-35-36-37-38-39-40-41-43-44-46-48-51-54-57-60-63-66-69-75(78)81-72-73(71-80-74(77)68-65-62-59-56-53-50-27-24-21-18-15-12-9-6-3)82-76(79)70-67-64-61-58-55-52-49-47-45-42-33-31-29-26-23-20-17-14-11-8-5-2/h8,11,17,20,22,25-26,29-30,32-33,35-36,42,47,49,73H,4-7,9-10,12-16,18-19,21,23-24,27-28,31,34,37-41,43-46,48,50-72H2,1-3H3/b11-8-,20-17-,25-22-,29-26-,32-30-,36-35-,42-33-,49-47-. The zero-order valence-corrected chi connectivity index (χ0v) is 54.2. The highest BCUT2D eigenvalue weighted by atomic mass is 16.6. The number of carbonyl (C=O) groups is 3. The first-order valence-corrected chi connectivity index (χ1v) is 35.2. The summed E-state index contributed by atoms with van der Waals surface area (Å²) in [5, 5.41) is 0. The molecule has 0 aliphatic rings. The van der Waals surface area contributed by atoms with Crippen LogP contribution in [0.2, 0.25) is 0 Å². The van der Waals surface area contributed by atoms with Gasteiger partial charge in [0.15, 0.2) is 6.10 Å². The molecule has 0 N–H and O–H groups in total. The Morgan fingerprint density at radius 3 is 0.744 bits per heavy atom. The van der Waals surface area contributed by atoms with Crippen LogP contribution in [0.4, 0.5) is 0 Å². The van der Waals surface area contributed by atoms with Crippen LogP contribution >= 0.6 is 0 Å². The molecule has 0 amide bonds. The molecular weight excluding hydrogens is 1010 g/mol. The average Bonchev–Trinajstić information content (AvgIpc) is 3.47. The Morgan fingerprint density at radius 1 is 0.256 bits per heavy atom. The molecule has 0 aliphatic heterocycles. The second kappa shape index (κ2) is 69.8. The van der Waals surface area contributed by atoms with E-state index in [1.165, 1.54) is 186 Å². The largest absolute Gasteiger partial charge is 0.462 e. The Bertz CT molecular complexity index is 1590. The van der Waals surface area contributed by atoms with E-state index in [2.05, 4.69) is 118 Å². The summed E-state index contributed by atoms with van der Waals surface area (Å²) < 4.78 is 17.0. The quantitative estimate of drug-likeness (QED) is 0.0261. The van der Waals surface area contributed by atoms with Gasteiger partial charge in [0.05, 0.1) is 0 Å². The molecule has 0 saturated heterocycles. The highest BCUT2D eigenvalue weighted by Crippen LogP contribution is 2.17. The fourth-order valence-corrected chi connectivity index (χ4v) is 10.1. The van der Waals surface area contributed by atoms with Crippen molar-refractivity contribution in [2.24, 2.45) is 0 Å². The topological polar surface area (TPSA) is 78.9 Å². The molecule has 0 aromatic rings. The molecule has 0 aromatic carbocycles. The lowest BCUT2D eigenvalue weighted by Crippen LogP contribution is -2.30. The van der Waals surface area contributed by atoms with Crippen LogP contribution in [-0.4, -0.2) is 37.2 Å². The number of ether oxygens (including phenoxy) is 3. The molecular formula is C76H132O6. The number of hydrogen-bond acceptors (Lipinski definition) is 6. The Labute approximate surface area is 508 Å². The van der Waals surface area contributed by atoms with E-state index in [-0.39, 0.29) is 31.1 Å². The van der Waals surface area contributed by atoms with Gasteiger partial charge in [0, 0.05) is 19.3 Å². The van der Waals surface area contributed by atoms with Crippen molar-refractivity contribution in [3.8, 4) is 0 Å². The zero-order chi connectivity index (χ0) is 59.2. The van der Waals surface area contributed by atoms with Crippen molar-refractivity contribution in [2.45, 2.75) is 354 Å². The van der Waals surface area contributed by atoms with Crippen molar-refractivity contribution in [2.75, 3.05) is 13.2 Å². The van der Waals surface area contributed by atoms with E-state index in [1.807, 2.05) is 0 Å². The Hall–Kier alpha value is -3.67. The lowest BCUT2D eigenvalue weighted by atomic mass is 10.0. The molecule has 1 unspecified atom stereocenters. The minimum Gasteiger partial charge on any atom is -0.462 e. The molecule has 0 saturated carbocycles. The van der Waals surface area contributed by atoms with Gasteiger partial charge in [0.1, 0.15) is 13.2 Å². The van der Waals surface area contributed by atoms with Gasteiger partial charge in [0.2, 0.25) is 0 Å². The average molecular weight is 1140 g/mol. The minimum atomic E-state index is -0.789. The van der Waals surface area contributed by atoms with Gasteiger partial charge < -0.3 is 14.2 Å². The summed E-state index contributed by atoms with van der Waals surface area (Å²) >= 11 is 0. The fraction of sp³-hybridized carbons (Fsp3) is 0.750. The summed E-state index contributed by atoms with van der Waals surface area (Å²) in [6.45, 7) is 6.54. The molecule has 0 aliphatic carbocycles. The Kier molecular flexibility index (Phi) is 66.7. The number of unbranched alkanes of at least 4 members (excludes halogenated alkanes) is 37. The molecule has 0 rings (SSSR count). The van der Waals surface area contributed by atoms with Crippen LogP contribution in [0.3, 0.4) is 0 Å². The molecule has 82 heavy (non-hydrogen) atoms. The van der Waals surface area contributed by atoms with Crippen molar-refractivity contribution < 1.29 is 28.6 Å². The second-order valence-electron chi connectivity index (χ2n) is 23.4. The predicted molar refractivity (Wildman–Crippen MR) is 357 cm³/mol. The molecule has 472 valence electrons. The van der Waals surface area contributed by atoms with E-state index in [4.69, 9.17) is 14.2 Å². The molecule has 0 fully saturated rings. The second-order valence-corrected chi connectivity index (χ2v) is 23.4. The maximum atomic E-state index is 12.9. The number of carbonyl (C=O) groups excluding carboxylic acids is 3. The lowest BCUT2D eigenvalue weighted by molar-refractivity contribution is -0.167. The third-order valence-electron chi connectivity index (χ3n) is 15.3. The van der Waals surface area contributed by atoms with E-state index >= 15 is 0 Å². The number of hydrogen-bond donors (Lipinski definition) is 0. The highest BCUT2D eigenvalue weighted by Gasteiger charge is 2.19. The van der Waals surface area contributed by atoms with E-state index in [9.17, 15) is 14.4 Å². The fourth-order valence-electron chi connectivity index (χ4n) is 10.1. The van der Waals surface area contributed by atoms with Crippen molar-refractivity contribution in [1.29, 1.82) is 0 Å². The number of allylic oxidation sites excluding steroid dienone is 16. The maximum Gasteiger partial charge on any atom is 0.306 e. The van der Waals surface area contributed by atoms with Crippen LogP contribution in [-0.2, 0) is 28.6 Å². The Morgan fingerprint density at radius 2 is 0.476 bits per heavy atom. The molecule has 6 heteroatoms. The van der Waals surface area contributed by atoms with Crippen LogP contribution in [0.15, 0.2) is 97.2 Å². The summed E-state index contributed by atoms with van der Waals surface area (Å²) in [5.74, 6) is -0.886. The molecule has 0 spiro atoms. The van der Waals surface area contributed by atoms with Crippen molar-refractivity contribution >= 4 is 17.9 Å². The molecule has 6 nitrogen and oxygen atoms in total. The van der Waals surface area contributed by atoms with Crippen LogP contribution in [0.5, 0.6) is 0 Å². The first kappa shape index (κ1) is 78.3. The first-order valence-electron chi connectivity index (χ1n) is 35.2. The van der Waals surface area contributed by atoms with Gasteiger partial charge in [0.25, 0.3) is 0 Å². The number of esters is 3. The van der Waals surface area contributed by atoms with Gasteiger partial charge >= 0.3 is 17.9 Å². The van der Waals surface area contributed by atoms with Crippen molar-refractivity contribution in [1.82, 2.24) is 0 Å². The molecule has 0 radical (unpaired) electrons. The first-order chi connectivity index (χ1) is 40.5. The molecule has 0 heterocycles. The van der Waals surface area contributed by atoms with Gasteiger partial charge in [-0.2, -0.15) is 0 Å². The summed E-state index contributed by atoms with van der Waals surface area (Å²) in [6.07, 6.45) is 94.3.